The van der Waals surface area contributed by atoms with Crippen molar-refractivity contribution in [1.29, 1.82) is 0 Å². The first kappa shape index (κ1) is 20.3. The second kappa shape index (κ2) is 9.63. The van der Waals surface area contributed by atoms with E-state index in [2.05, 4.69) is 15.0 Å². The van der Waals surface area contributed by atoms with Gasteiger partial charge in [0.2, 0.25) is 0 Å². The molecule has 2 heterocycles. The molecule has 8 heteroatoms. The summed E-state index contributed by atoms with van der Waals surface area (Å²) in [6.45, 7) is 6.58. The zero-order chi connectivity index (χ0) is 19.8. The highest BCUT2D eigenvalue weighted by Crippen LogP contribution is 2.13. The van der Waals surface area contributed by atoms with Crippen LogP contribution in [-0.4, -0.2) is 45.6 Å². The Morgan fingerprint density at radius 1 is 1.22 bits per heavy atom. The lowest BCUT2D eigenvalue weighted by Gasteiger charge is -2.06. The second-order valence-electron chi connectivity index (χ2n) is 5.50. The minimum atomic E-state index is -0.283. The van der Waals surface area contributed by atoms with Crippen molar-refractivity contribution in [2.75, 3.05) is 20.3 Å². The van der Waals surface area contributed by atoms with E-state index in [0.717, 1.165) is 5.56 Å². The summed E-state index contributed by atoms with van der Waals surface area (Å²) in [4.78, 5) is 34.6. The highest BCUT2D eigenvalue weighted by molar-refractivity contribution is 5.94. The van der Waals surface area contributed by atoms with Crippen molar-refractivity contribution in [1.82, 2.24) is 19.5 Å². The lowest BCUT2D eigenvalue weighted by Crippen LogP contribution is -2.18. The van der Waals surface area contributed by atoms with Crippen LogP contribution in [0.25, 0.3) is 11.2 Å². The van der Waals surface area contributed by atoms with Gasteiger partial charge in [-0.15, -0.1) is 0 Å². The monoisotopic (exact) mass is 374 g/mol. The molecule has 8 nitrogen and oxygen atoms in total. The van der Waals surface area contributed by atoms with Crippen molar-refractivity contribution in [3.05, 3.63) is 52.1 Å². The molecule has 0 unspecified atom stereocenters. The first-order chi connectivity index (χ1) is 13.1. The summed E-state index contributed by atoms with van der Waals surface area (Å²) in [6, 6.07) is 7.31. The molecule has 0 bridgehead atoms. The van der Waals surface area contributed by atoms with Crippen molar-refractivity contribution in [3.8, 4) is 6.01 Å². The van der Waals surface area contributed by atoms with Crippen LogP contribution in [0.2, 0.25) is 0 Å². The topological polar surface area (TPSA) is 99.1 Å². The van der Waals surface area contributed by atoms with Crippen LogP contribution in [0.3, 0.4) is 0 Å². The third-order valence-corrected chi connectivity index (χ3v) is 3.71. The Morgan fingerprint density at radius 3 is 2.56 bits per heavy atom. The van der Waals surface area contributed by atoms with Crippen molar-refractivity contribution in [3.63, 3.8) is 0 Å². The maximum Gasteiger partial charge on any atom is 0.328 e. The van der Waals surface area contributed by atoms with E-state index in [1.807, 2.05) is 26.0 Å². The van der Waals surface area contributed by atoms with E-state index in [4.69, 9.17) is 9.47 Å². The molecule has 1 N–H and O–H groups in total. The molecule has 146 valence electrons. The Morgan fingerprint density at radius 2 is 1.93 bits per heavy atom. The molecule has 0 radical (unpaired) electrons. The maximum absolute atomic E-state index is 12.2. The van der Waals surface area contributed by atoms with Crippen LogP contribution in [0.15, 0.2) is 35.3 Å². The average Bonchev–Trinajstić information content (AvgIpc) is 2.99. The van der Waals surface area contributed by atoms with E-state index < -0.39 is 0 Å². The standard InChI is InChI=1S/C17H18N4O4.C2H6.H2/c1-11(22)13-5-3-12(4-6-13)10-21-15-14(19-17(21)23)9-18-16(20-15)25-8-7-24-2;1-2;/h3-6,9H,7-8,10H2,1-2H3,(H,19,23);1-2H3;1H. The lowest BCUT2D eigenvalue weighted by atomic mass is 10.1. The number of rotatable bonds is 7. The number of nitrogens with zero attached hydrogens (tertiary/aromatic N) is 3. The van der Waals surface area contributed by atoms with Gasteiger partial charge in [0.15, 0.2) is 11.4 Å². The van der Waals surface area contributed by atoms with Gasteiger partial charge < -0.3 is 14.5 Å². The predicted molar refractivity (Wildman–Crippen MR) is 105 cm³/mol. The summed E-state index contributed by atoms with van der Waals surface area (Å²) in [5.74, 6) is 0.00130. The summed E-state index contributed by atoms with van der Waals surface area (Å²) < 4.78 is 11.8. The van der Waals surface area contributed by atoms with E-state index in [0.29, 0.717) is 36.5 Å². The number of Topliss-reactive ketones (excluding diaryl/α,β-unsaturated/α-hetero) is 1. The number of benzene rings is 1. The molecule has 0 spiro atoms. The molecule has 0 saturated carbocycles. The highest BCUT2D eigenvalue weighted by Gasteiger charge is 2.11. The number of hydrogen-bond acceptors (Lipinski definition) is 6. The van der Waals surface area contributed by atoms with Gasteiger partial charge in [0.05, 0.1) is 19.3 Å². The summed E-state index contributed by atoms with van der Waals surface area (Å²) in [7, 11) is 1.58. The number of imidazole rings is 1. The van der Waals surface area contributed by atoms with E-state index in [-0.39, 0.29) is 18.9 Å². The Labute approximate surface area is 158 Å². The van der Waals surface area contributed by atoms with E-state index in [1.54, 1.807) is 19.2 Å². The minimum absolute atomic E-state index is 0. The molecule has 3 rings (SSSR count). The molecule has 2 aromatic heterocycles. The zero-order valence-electron chi connectivity index (χ0n) is 16.0. The Bertz CT molecular complexity index is 951. The molecular formula is C19H26N4O4. The number of aromatic amines is 1. The molecule has 0 amide bonds. The molecule has 1 aromatic carbocycles. The normalized spacial score (nSPS) is 10.4. The van der Waals surface area contributed by atoms with Crippen molar-refractivity contribution in [2.45, 2.75) is 27.3 Å². The molecule has 27 heavy (non-hydrogen) atoms. The van der Waals surface area contributed by atoms with Gasteiger partial charge >= 0.3 is 11.7 Å². The van der Waals surface area contributed by atoms with Gasteiger partial charge in [-0.3, -0.25) is 9.36 Å². The van der Waals surface area contributed by atoms with Gasteiger partial charge in [-0.2, -0.15) is 4.98 Å². The number of aromatic nitrogens is 4. The first-order valence-corrected chi connectivity index (χ1v) is 8.75. The fraction of sp³-hybridized carbons (Fsp3) is 0.368. The summed E-state index contributed by atoms with van der Waals surface area (Å²) in [6.07, 6.45) is 1.52. The van der Waals surface area contributed by atoms with Crippen molar-refractivity contribution in [2.24, 2.45) is 0 Å². The number of hydrogen-bond donors (Lipinski definition) is 1. The van der Waals surface area contributed by atoms with Gasteiger partial charge in [0, 0.05) is 14.1 Å². The molecule has 0 atom stereocenters. The van der Waals surface area contributed by atoms with Crippen LogP contribution < -0.4 is 10.4 Å². The van der Waals surface area contributed by atoms with Crippen LogP contribution in [0, 0.1) is 0 Å². The molecule has 0 saturated heterocycles. The minimum Gasteiger partial charge on any atom is -0.461 e. The number of fused-ring (bicyclic) bond motifs is 1. The molecule has 0 fully saturated rings. The van der Waals surface area contributed by atoms with Crippen molar-refractivity contribution < 1.29 is 15.7 Å². The lowest BCUT2D eigenvalue weighted by molar-refractivity contribution is 0.101. The Kier molecular flexibility index (Phi) is 7.25. The molecule has 0 aliphatic rings. The number of H-pyrrole nitrogens is 1. The van der Waals surface area contributed by atoms with Crippen LogP contribution >= 0.6 is 0 Å². The highest BCUT2D eigenvalue weighted by atomic mass is 16.5. The maximum atomic E-state index is 12.2. The smallest absolute Gasteiger partial charge is 0.328 e. The van der Waals surface area contributed by atoms with Crippen molar-refractivity contribution >= 4 is 16.9 Å². The van der Waals surface area contributed by atoms with Crippen LogP contribution in [-0.2, 0) is 11.3 Å². The first-order valence-electron chi connectivity index (χ1n) is 8.75. The molecule has 3 aromatic rings. The van der Waals surface area contributed by atoms with Crippen LogP contribution in [0.5, 0.6) is 6.01 Å². The fourth-order valence-electron chi connectivity index (χ4n) is 2.39. The van der Waals surface area contributed by atoms with E-state index >= 15 is 0 Å². The largest absolute Gasteiger partial charge is 0.461 e. The Balaban J connectivity index is 0.00000127. The van der Waals surface area contributed by atoms with Gasteiger partial charge in [0.1, 0.15) is 12.1 Å². The number of nitrogens with one attached hydrogen (secondary N) is 1. The molecule has 0 aliphatic carbocycles. The quantitative estimate of drug-likeness (QED) is 0.504. The fourth-order valence-corrected chi connectivity index (χ4v) is 2.39. The third-order valence-electron chi connectivity index (χ3n) is 3.71. The van der Waals surface area contributed by atoms with Gasteiger partial charge in [0.25, 0.3) is 0 Å². The van der Waals surface area contributed by atoms with E-state index in [1.165, 1.54) is 17.7 Å². The molecular weight excluding hydrogens is 348 g/mol. The summed E-state index contributed by atoms with van der Waals surface area (Å²) in [5.41, 5.74) is 2.22. The number of ketones is 1. The average molecular weight is 374 g/mol. The van der Waals surface area contributed by atoms with Gasteiger partial charge in [-0.05, 0) is 12.5 Å². The third kappa shape index (κ3) is 5.01. The van der Waals surface area contributed by atoms with Crippen LogP contribution in [0.1, 0.15) is 38.1 Å². The van der Waals surface area contributed by atoms with E-state index in [9.17, 15) is 9.59 Å². The number of carbonyl (C=O) groups excluding carboxylic acids is 1. The predicted octanol–water partition coefficient (Wildman–Crippen LogP) is 2.67. The number of carbonyl (C=O) groups is 1. The molecule has 0 aliphatic heterocycles. The number of ether oxygens (including phenoxy) is 2. The van der Waals surface area contributed by atoms with Gasteiger partial charge in [-0.1, -0.05) is 38.1 Å². The SMILES string of the molecule is CC.COCCOc1ncc2[nH]c(=O)n(Cc3ccc(C(C)=O)cc3)c2n1.[HH]. The Hall–Kier alpha value is -3.00. The van der Waals surface area contributed by atoms with Crippen LogP contribution in [0.4, 0.5) is 0 Å². The summed E-state index contributed by atoms with van der Waals surface area (Å²) in [5, 5.41) is 0. The second-order valence-corrected chi connectivity index (χ2v) is 5.50. The number of methoxy groups -OCH3 is 1. The van der Waals surface area contributed by atoms with Gasteiger partial charge in [-0.25, -0.2) is 9.78 Å². The summed E-state index contributed by atoms with van der Waals surface area (Å²) >= 11 is 0. The zero-order valence-corrected chi connectivity index (χ0v) is 16.0.